The Morgan fingerprint density at radius 3 is 2.90 bits per heavy atom. The summed E-state index contributed by atoms with van der Waals surface area (Å²) in [6.07, 6.45) is 3.62. The second-order valence-electron chi connectivity index (χ2n) is 5.90. The molecule has 0 spiro atoms. The lowest BCUT2D eigenvalue weighted by molar-refractivity contribution is -0.124. The van der Waals surface area contributed by atoms with Crippen molar-refractivity contribution in [3.05, 3.63) is 35.9 Å². The van der Waals surface area contributed by atoms with E-state index in [2.05, 4.69) is 10.6 Å². The smallest absolute Gasteiger partial charge is 0.237 e. The number of fused-ring (bicyclic) bond motifs is 1. The number of carbonyl (C=O) groups is 1. The van der Waals surface area contributed by atoms with Crippen LogP contribution in [-0.4, -0.2) is 30.2 Å². The molecule has 4 heteroatoms. The van der Waals surface area contributed by atoms with Crippen molar-refractivity contribution in [1.82, 2.24) is 10.6 Å². The molecule has 2 fully saturated rings. The van der Waals surface area contributed by atoms with Crippen LogP contribution in [0.15, 0.2) is 30.3 Å². The van der Waals surface area contributed by atoms with Crippen LogP contribution in [0.1, 0.15) is 30.9 Å². The molecule has 108 valence electrons. The van der Waals surface area contributed by atoms with Gasteiger partial charge in [-0.3, -0.25) is 4.79 Å². The van der Waals surface area contributed by atoms with Crippen molar-refractivity contribution < 1.29 is 9.90 Å². The van der Waals surface area contributed by atoms with E-state index in [1.807, 2.05) is 30.3 Å². The monoisotopic (exact) mass is 274 g/mol. The van der Waals surface area contributed by atoms with Crippen LogP contribution in [0.25, 0.3) is 0 Å². The van der Waals surface area contributed by atoms with Crippen molar-refractivity contribution in [2.75, 3.05) is 13.2 Å². The molecule has 1 amide bonds. The zero-order valence-electron chi connectivity index (χ0n) is 11.6. The summed E-state index contributed by atoms with van der Waals surface area (Å²) >= 11 is 0. The predicted octanol–water partition coefficient (Wildman–Crippen LogP) is 1.22. The Morgan fingerprint density at radius 2 is 2.15 bits per heavy atom. The molecule has 20 heavy (non-hydrogen) atoms. The van der Waals surface area contributed by atoms with Crippen molar-refractivity contribution in [1.29, 1.82) is 0 Å². The molecule has 3 N–H and O–H groups in total. The second kappa shape index (κ2) is 5.94. The van der Waals surface area contributed by atoms with Gasteiger partial charge in [0.15, 0.2) is 0 Å². The van der Waals surface area contributed by atoms with Crippen LogP contribution in [0, 0.1) is 11.8 Å². The molecule has 1 aliphatic heterocycles. The normalized spacial score (nSPS) is 29.9. The van der Waals surface area contributed by atoms with Crippen LogP contribution in [0.3, 0.4) is 0 Å². The molecule has 2 aliphatic rings. The first-order valence-corrected chi connectivity index (χ1v) is 7.49. The fourth-order valence-corrected chi connectivity index (χ4v) is 3.66. The molecular formula is C16H22N2O2. The maximum absolute atomic E-state index is 12.4. The number of nitrogens with one attached hydrogen (secondary N) is 2. The highest BCUT2D eigenvalue weighted by Gasteiger charge is 2.42. The molecule has 4 nitrogen and oxygen atoms in total. The summed E-state index contributed by atoms with van der Waals surface area (Å²) in [4.78, 5) is 12.4. The van der Waals surface area contributed by atoms with E-state index in [0.717, 1.165) is 18.5 Å². The molecule has 0 aromatic heterocycles. The zero-order valence-corrected chi connectivity index (χ0v) is 11.6. The highest BCUT2D eigenvalue weighted by atomic mass is 16.3. The predicted molar refractivity (Wildman–Crippen MR) is 77.0 cm³/mol. The maximum Gasteiger partial charge on any atom is 0.237 e. The molecule has 0 bridgehead atoms. The number of carbonyl (C=O) groups excluding carboxylic acids is 1. The van der Waals surface area contributed by atoms with Gasteiger partial charge in [-0.15, -0.1) is 0 Å². The third kappa shape index (κ3) is 2.58. The number of aliphatic hydroxyl groups excluding tert-OH is 1. The zero-order chi connectivity index (χ0) is 13.9. The van der Waals surface area contributed by atoms with Gasteiger partial charge in [0.25, 0.3) is 0 Å². The molecule has 1 saturated carbocycles. The van der Waals surface area contributed by atoms with Gasteiger partial charge in [-0.1, -0.05) is 36.8 Å². The highest BCUT2D eigenvalue weighted by molar-refractivity contribution is 5.83. The lowest BCUT2D eigenvalue weighted by Crippen LogP contribution is -2.45. The first-order chi connectivity index (χ1) is 9.79. The first kappa shape index (κ1) is 13.6. The van der Waals surface area contributed by atoms with E-state index in [1.54, 1.807) is 0 Å². The summed E-state index contributed by atoms with van der Waals surface area (Å²) in [6.45, 7) is 0.883. The summed E-state index contributed by atoms with van der Waals surface area (Å²) in [6, 6.07) is 9.24. The van der Waals surface area contributed by atoms with Crippen LogP contribution >= 0.6 is 0 Å². The number of hydrogen-bond donors (Lipinski definition) is 3. The van der Waals surface area contributed by atoms with E-state index in [-0.39, 0.29) is 24.6 Å². The van der Waals surface area contributed by atoms with Gasteiger partial charge >= 0.3 is 0 Å². The third-order valence-electron chi connectivity index (χ3n) is 4.73. The van der Waals surface area contributed by atoms with Crippen molar-refractivity contribution in [3.63, 3.8) is 0 Å². The van der Waals surface area contributed by atoms with Gasteiger partial charge in [0.2, 0.25) is 5.91 Å². The molecule has 4 atom stereocenters. The molecule has 0 radical (unpaired) electrons. The SMILES string of the molecule is O=C(N[C@H](CO)c1ccccc1)C1NCC2CCCC21. The van der Waals surface area contributed by atoms with Gasteiger partial charge in [0.05, 0.1) is 18.7 Å². The number of aliphatic hydroxyl groups is 1. The summed E-state index contributed by atoms with van der Waals surface area (Å²) in [5, 5.41) is 15.9. The van der Waals surface area contributed by atoms with E-state index in [1.165, 1.54) is 12.8 Å². The number of hydrogen-bond acceptors (Lipinski definition) is 3. The average molecular weight is 274 g/mol. The Kier molecular flexibility index (Phi) is 4.03. The van der Waals surface area contributed by atoms with E-state index in [9.17, 15) is 9.90 Å². The minimum absolute atomic E-state index is 0.0299. The number of benzene rings is 1. The van der Waals surface area contributed by atoms with Crippen molar-refractivity contribution in [2.24, 2.45) is 11.8 Å². The van der Waals surface area contributed by atoms with E-state index < -0.39 is 0 Å². The summed E-state index contributed by atoms with van der Waals surface area (Å²) in [5.74, 6) is 1.17. The number of rotatable bonds is 4. The van der Waals surface area contributed by atoms with E-state index >= 15 is 0 Å². The summed E-state index contributed by atoms with van der Waals surface area (Å²) < 4.78 is 0. The average Bonchev–Trinajstić information content (AvgIpc) is 3.08. The van der Waals surface area contributed by atoms with Gasteiger partial charge in [0, 0.05) is 0 Å². The molecule has 1 aromatic carbocycles. The van der Waals surface area contributed by atoms with Crippen molar-refractivity contribution >= 4 is 5.91 Å². The Balaban J connectivity index is 1.66. The molecule has 1 aromatic rings. The van der Waals surface area contributed by atoms with Gasteiger partial charge in [-0.2, -0.15) is 0 Å². The summed E-state index contributed by atoms with van der Waals surface area (Å²) in [7, 11) is 0. The molecule has 1 saturated heterocycles. The molecule has 1 aliphatic carbocycles. The van der Waals surface area contributed by atoms with Gasteiger partial charge in [-0.25, -0.2) is 0 Å². The van der Waals surface area contributed by atoms with Crippen LogP contribution in [0.5, 0.6) is 0 Å². The number of amides is 1. The minimum atomic E-state index is -0.314. The Morgan fingerprint density at radius 1 is 1.35 bits per heavy atom. The second-order valence-corrected chi connectivity index (χ2v) is 5.90. The maximum atomic E-state index is 12.4. The van der Waals surface area contributed by atoms with Gasteiger partial charge in [-0.05, 0) is 36.8 Å². The standard InChI is InChI=1S/C16H22N2O2/c19-10-14(11-5-2-1-3-6-11)18-16(20)15-13-8-4-7-12(13)9-17-15/h1-3,5-6,12-15,17,19H,4,7-10H2,(H,18,20)/t12?,13?,14-,15?/m1/s1. The molecule has 3 rings (SSSR count). The fourth-order valence-electron chi connectivity index (χ4n) is 3.66. The van der Waals surface area contributed by atoms with Gasteiger partial charge < -0.3 is 15.7 Å². The van der Waals surface area contributed by atoms with Crippen molar-refractivity contribution in [3.8, 4) is 0 Å². The third-order valence-corrected chi connectivity index (χ3v) is 4.73. The van der Waals surface area contributed by atoms with Crippen LogP contribution < -0.4 is 10.6 Å². The molecule has 3 unspecified atom stereocenters. The van der Waals surface area contributed by atoms with Gasteiger partial charge in [0.1, 0.15) is 0 Å². The topological polar surface area (TPSA) is 61.4 Å². The fraction of sp³-hybridized carbons (Fsp3) is 0.562. The Hall–Kier alpha value is -1.39. The Bertz CT molecular complexity index is 463. The van der Waals surface area contributed by atoms with E-state index in [4.69, 9.17) is 0 Å². The first-order valence-electron chi connectivity index (χ1n) is 7.49. The van der Waals surface area contributed by atoms with Crippen molar-refractivity contribution in [2.45, 2.75) is 31.3 Å². The molecular weight excluding hydrogens is 252 g/mol. The van der Waals surface area contributed by atoms with Crippen LogP contribution in [-0.2, 0) is 4.79 Å². The summed E-state index contributed by atoms with van der Waals surface area (Å²) in [5.41, 5.74) is 0.948. The lowest BCUT2D eigenvalue weighted by atomic mass is 9.93. The van der Waals surface area contributed by atoms with Crippen LogP contribution in [0.2, 0.25) is 0 Å². The highest BCUT2D eigenvalue weighted by Crippen LogP contribution is 2.37. The lowest BCUT2D eigenvalue weighted by Gasteiger charge is -2.22. The molecule has 1 heterocycles. The quantitative estimate of drug-likeness (QED) is 0.774. The van der Waals surface area contributed by atoms with Crippen LogP contribution in [0.4, 0.5) is 0 Å². The largest absolute Gasteiger partial charge is 0.394 e. The minimum Gasteiger partial charge on any atom is -0.394 e. The van der Waals surface area contributed by atoms with E-state index in [0.29, 0.717) is 11.8 Å². The Labute approximate surface area is 119 Å².